The molecule has 0 saturated heterocycles. The molecule has 0 amide bonds. The molecule has 0 N–H and O–H groups in total. The normalized spacial score (nSPS) is 12.8. The van der Waals surface area contributed by atoms with Crippen LogP contribution in [0.5, 0.6) is 5.75 Å². The largest absolute Gasteiger partial charge is 1.00 e. The van der Waals surface area contributed by atoms with E-state index in [4.69, 9.17) is 0 Å². The molecule has 0 radical (unpaired) electrons. The Morgan fingerprint density at radius 3 is 2.12 bits per heavy atom. The van der Waals surface area contributed by atoms with E-state index < -0.39 is 13.5 Å². The summed E-state index contributed by atoms with van der Waals surface area (Å²) in [5.41, 5.74) is 1.12. The van der Waals surface area contributed by atoms with Crippen molar-refractivity contribution in [2.24, 2.45) is 0 Å². The second kappa shape index (κ2) is 7.84. The molecule has 0 aromatic heterocycles. The summed E-state index contributed by atoms with van der Waals surface area (Å²) < 4.78 is 40.5. The number of rotatable bonds is 5. The zero-order chi connectivity index (χ0) is 12.2. The number of hydrogen-bond acceptors (Lipinski definition) is 1. The van der Waals surface area contributed by atoms with Crippen molar-refractivity contribution in [1.82, 2.24) is 0 Å². The van der Waals surface area contributed by atoms with Crippen LogP contribution < -0.4 is 56.1 Å². The molecule has 0 aliphatic carbocycles. The molecule has 0 saturated carbocycles. The smallest absolute Gasteiger partial charge is 0.522 e. The summed E-state index contributed by atoms with van der Waals surface area (Å²) in [5.74, 6) is 0.687. The van der Waals surface area contributed by atoms with Crippen LogP contribution in [0.25, 0.3) is 0 Å². The summed E-state index contributed by atoms with van der Waals surface area (Å²) in [6.45, 7) is -1.91. The van der Waals surface area contributed by atoms with Gasteiger partial charge in [-0.1, -0.05) is 26.0 Å². The second-order valence-electron chi connectivity index (χ2n) is 3.90. The van der Waals surface area contributed by atoms with Crippen molar-refractivity contribution in [2.45, 2.75) is 26.2 Å². The first-order chi connectivity index (χ1) is 7.42. The Labute approximate surface area is 143 Å². The van der Waals surface area contributed by atoms with Crippen LogP contribution >= 0.6 is 0 Å². The molecule has 1 nitrogen and oxygen atoms in total. The van der Waals surface area contributed by atoms with Gasteiger partial charge in [0.05, 0.1) is 6.51 Å². The van der Waals surface area contributed by atoms with Crippen molar-refractivity contribution in [1.29, 1.82) is 0 Å². The van der Waals surface area contributed by atoms with Gasteiger partial charge in [0, 0.05) is 0 Å². The summed E-state index contributed by atoms with van der Waals surface area (Å²) in [6, 6.07) is 6.80. The van der Waals surface area contributed by atoms with Crippen molar-refractivity contribution in [2.75, 3.05) is 6.51 Å². The van der Waals surface area contributed by atoms with Gasteiger partial charge in [0.15, 0.2) is 0 Å². The van der Waals surface area contributed by atoms with Crippen molar-refractivity contribution in [3.8, 4) is 5.75 Å². The molecule has 1 aromatic rings. The minimum Gasteiger partial charge on any atom is -0.522 e. The van der Waals surface area contributed by atoms with Gasteiger partial charge >= 0.3 is 58.4 Å². The monoisotopic (exact) mass is 270 g/mol. The Morgan fingerprint density at radius 2 is 1.71 bits per heavy atom. The van der Waals surface area contributed by atoms with Crippen LogP contribution in [-0.4, -0.2) is 13.5 Å². The predicted molar refractivity (Wildman–Crippen MR) is 59.7 cm³/mol. The zero-order valence-corrected chi connectivity index (χ0v) is 13.5. The van der Waals surface area contributed by atoms with E-state index in [1.807, 2.05) is 12.1 Å². The Balaban J connectivity index is 0.00000256. The van der Waals surface area contributed by atoms with Crippen LogP contribution in [0.15, 0.2) is 24.3 Å². The molecule has 0 heterocycles. The van der Waals surface area contributed by atoms with Gasteiger partial charge in [0.2, 0.25) is 0 Å². The van der Waals surface area contributed by atoms with Gasteiger partial charge in [-0.15, -0.1) is 0 Å². The van der Waals surface area contributed by atoms with E-state index in [9.17, 15) is 12.9 Å². The molecule has 1 rings (SSSR count). The molecule has 1 atom stereocenters. The van der Waals surface area contributed by atoms with E-state index in [0.29, 0.717) is 5.92 Å². The van der Waals surface area contributed by atoms with Crippen molar-refractivity contribution < 1.29 is 69.1 Å². The van der Waals surface area contributed by atoms with Gasteiger partial charge in [-0.25, -0.2) is 0 Å². The van der Waals surface area contributed by atoms with E-state index in [0.717, 1.165) is 12.0 Å². The summed E-state index contributed by atoms with van der Waals surface area (Å²) in [6.07, 6.45) is 1.01. The summed E-state index contributed by atoms with van der Waals surface area (Å²) >= 11 is 0. The maximum absolute atomic E-state index is 11.9. The van der Waals surface area contributed by atoms with Crippen LogP contribution in [0.4, 0.5) is 12.9 Å². The van der Waals surface area contributed by atoms with Crippen LogP contribution in [0.3, 0.4) is 0 Å². The molecule has 0 bridgehead atoms. The van der Waals surface area contributed by atoms with Gasteiger partial charge in [-0.3, -0.25) is 0 Å². The second-order valence-corrected chi connectivity index (χ2v) is 3.90. The van der Waals surface area contributed by atoms with Crippen LogP contribution in [0.2, 0.25) is 0 Å². The summed E-state index contributed by atoms with van der Waals surface area (Å²) in [4.78, 5) is 0. The molecule has 0 aliphatic rings. The van der Waals surface area contributed by atoms with Crippen molar-refractivity contribution in [3.63, 3.8) is 0 Å². The fourth-order valence-corrected chi connectivity index (χ4v) is 1.32. The zero-order valence-electron chi connectivity index (χ0n) is 10.4. The average Bonchev–Trinajstić information content (AvgIpc) is 2.25. The number of benzene rings is 1. The van der Waals surface area contributed by atoms with E-state index in [1.54, 1.807) is 12.1 Å². The number of ether oxygens (including phenoxy) is 1. The van der Waals surface area contributed by atoms with E-state index >= 15 is 0 Å². The molecular formula is C11H15BF3KO. The minimum absolute atomic E-state index is 0. The first-order valence-electron chi connectivity index (χ1n) is 5.36. The van der Waals surface area contributed by atoms with Crippen LogP contribution in [-0.2, 0) is 0 Å². The van der Waals surface area contributed by atoms with E-state index in [1.165, 1.54) is 0 Å². The first-order valence-corrected chi connectivity index (χ1v) is 5.36. The molecule has 90 valence electrons. The average molecular weight is 270 g/mol. The third-order valence-corrected chi connectivity index (χ3v) is 2.50. The Bertz CT molecular complexity index is 326. The standard InChI is InChI=1S/C11H15BF3O.K/c1-3-9(2)10-4-6-11(7-5-10)16-8-12(13,14)15;/h4-7,9H,3,8H2,1-2H3;/q-1;+1. The summed E-state index contributed by atoms with van der Waals surface area (Å²) in [5, 5.41) is 0. The Kier molecular flexibility index (Phi) is 8.08. The van der Waals surface area contributed by atoms with Gasteiger partial charge in [-0.2, -0.15) is 0 Å². The molecular weight excluding hydrogens is 255 g/mol. The van der Waals surface area contributed by atoms with Crippen molar-refractivity contribution in [3.05, 3.63) is 29.8 Å². The molecule has 17 heavy (non-hydrogen) atoms. The van der Waals surface area contributed by atoms with Crippen LogP contribution in [0.1, 0.15) is 31.7 Å². The third kappa shape index (κ3) is 6.86. The molecule has 0 fully saturated rings. The van der Waals surface area contributed by atoms with Crippen molar-refractivity contribution >= 4 is 6.98 Å². The number of halogens is 3. The fraction of sp³-hybridized carbons (Fsp3) is 0.455. The Hall–Kier alpha value is 0.511. The maximum Gasteiger partial charge on any atom is 1.00 e. The Morgan fingerprint density at radius 1 is 1.18 bits per heavy atom. The van der Waals surface area contributed by atoms with Crippen LogP contribution in [0, 0.1) is 0 Å². The van der Waals surface area contributed by atoms with Gasteiger partial charge in [0.25, 0.3) is 0 Å². The molecule has 1 aromatic carbocycles. The SMILES string of the molecule is CCC(C)c1ccc(OC[B-](F)(F)F)cc1.[K+]. The predicted octanol–water partition coefficient (Wildman–Crippen LogP) is 0.969. The quantitative estimate of drug-likeness (QED) is 0.724. The molecule has 6 heteroatoms. The minimum atomic E-state index is -4.88. The summed E-state index contributed by atoms with van der Waals surface area (Å²) in [7, 11) is 0. The third-order valence-electron chi connectivity index (χ3n) is 2.50. The van der Waals surface area contributed by atoms with Gasteiger partial charge < -0.3 is 17.7 Å². The van der Waals surface area contributed by atoms with E-state index in [-0.39, 0.29) is 57.1 Å². The van der Waals surface area contributed by atoms with Gasteiger partial charge in [0.1, 0.15) is 5.75 Å². The fourth-order valence-electron chi connectivity index (χ4n) is 1.32. The molecule has 0 aliphatic heterocycles. The molecule has 1 unspecified atom stereocenters. The first kappa shape index (κ1) is 17.5. The topological polar surface area (TPSA) is 9.23 Å². The number of hydrogen-bond donors (Lipinski definition) is 0. The maximum atomic E-state index is 11.9. The van der Waals surface area contributed by atoms with E-state index in [2.05, 4.69) is 18.6 Å². The van der Waals surface area contributed by atoms with Gasteiger partial charge in [-0.05, 0) is 30.0 Å². The molecule has 0 spiro atoms.